The molecule has 0 heterocycles. The Morgan fingerprint density at radius 2 is 1.71 bits per heavy atom. The molecule has 0 saturated carbocycles. The summed E-state index contributed by atoms with van der Waals surface area (Å²) in [6.07, 6.45) is 0.750. The summed E-state index contributed by atoms with van der Waals surface area (Å²) in [5, 5.41) is 8.30. The first kappa shape index (κ1) is 14.7. The van der Waals surface area contributed by atoms with Gasteiger partial charge in [-0.2, -0.15) is 0 Å². The molecule has 106 valence electrons. The molecule has 2 rings (SSSR count). The van der Waals surface area contributed by atoms with Gasteiger partial charge in [0.05, 0.1) is 18.4 Å². The molecule has 0 aliphatic heterocycles. The summed E-state index contributed by atoms with van der Waals surface area (Å²) >= 11 is 0. The number of aryl methyl sites for hydroxylation is 1. The van der Waals surface area contributed by atoms with E-state index < -0.39 is 5.97 Å². The van der Waals surface area contributed by atoms with Crippen molar-refractivity contribution in [3.05, 3.63) is 70.3 Å². The minimum Gasteiger partial charge on any atom is -0.465 e. The van der Waals surface area contributed by atoms with Gasteiger partial charge in [-0.05, 0) is 24.6 Å². The van der Waals surface area contributed by atoms with Crippen LogP contribution in [0.3, 0.4) is 0 Å². The summed E-state index contributed by atoms with van der Waals surface area (Å²) in [4.78, 5) is 22.5. The number of carbonyl (C=O) groups excluding carboxylic acids is 2. The molecule has 0 spiro atoms. The smallest absolute Gasteiger partial charge is 0.337 e. The zero-order chi connectivity index (χ0) is 15.4. The highest BCUT2D eigenvalue weighted by molar-refractivity contribution is 6.15. The normalized spacial score (nSPS) is 10.0. The van der Waals surface area contributed by atoms with E-state index in [1.54, 1.807) is 36.4 Å². The topological polar surface area (TPSA) is 67.2 Å². The van der Waals surface area contributed by atoms with Crippen LogP contribution in [0.1, 0.15) is 37.4 Å². The van der Waals surface area contributed by atoms with Crippen molar-refractivity contribution in [2.75, 3.05) is 7.11 Å². The Bertz CT molecular complexity index is 702. The number of benzene rings is 2. The van der Waals surface area contributed by atoms with Crippen molar-refractivity contribution in [3.63, 3.8) is 0 Å². The Balaban J connectivity index is 2.41. The molecule has 1 N–H and O–H groups in total. The number of hydrogen-bond donors (Lipinski definition) is 1. The molecule has 0 fully saturated rings. The maximum Gasteiger partial charge on any atom is 0.337 e. The van der Waals surface area contributed by atoms with Gasteiger partial charge in [-0.25, -0.2) is 4.79 Å². The van der Waals surface area contributed by atoms with Gasteiger partial charge in [0.1, 0.15) is 0 Å². The first-order valence-corrected chi connectivity index (χ1v) is 6.41. The number of hydrogen-bond acceptors (Lipinski definition) is 4. The molecule has 0 aliphatic rings. The highest BCUT2D eigenvalue weighted by Gasteiger charge is 2.13. The summed E-state index contributed by atoms with van der Waals surface area (Å²) in [6.45, 7) is 1.86. The van der Waals surface area contributed by atoms with Gasteiger partial charge in [0, 0.05) is 16.7 Å². The van der Waals surface area contributed by atoms with Crippen LogP contribution in [0.2, 0.25) is 0 Å². The van der Waals surface area contributed by atoms with E-state index in [1.165, 1.54) is 7.11 Å². The lowest BCUT2D eigenvalue weighted by atomic mass is 9.93. The van der Waals surface area contributed by atoms with Crippen LogP contribution >= 0.6 is 0 Å². The van der Waals surface area contributed by atoms with Crippen LogP contribution in [0.5, 0.6) is 0 Å². The summed E-state index contributed by atoms with van der Waals surface area (Å²) < 4.78 is 4.64. The number of methoxy groups -OCH3 is 1. The highest BCUT2D eigenvalue weighted by atomic mass is 16.5. The minimum absolute atomic E-state index is 0.256. The molecular formula is C17H15NO3. The summed E-state index contributed by atoms with van der Waals surface area (Å²) in [6, 6.07) is 11.9. The second-order valence-corrected chi connectivity index (χ2v) is 4.60. The Hall–Kier alpha value is -2.75. The molecule has 0 aromatic heterocycles. The van der Waals surface area contributed by atoms with Gasteiger partial charge in [-0.15, -0.1) is 0 Å². The number of aldehydes is 1. The molecule has 0 atom stereocenters. The van der Waals surface area contributed by atoms with E-state index in [0.29, 0.717) is 22.3 Å². The summed E-state index contributed by atoms with van der Waals surface area (Å²) in [7, 11) is 1.32. The fourth-order valence-corrected chi connectivity index (χ4v) is 2.17. The van der Waals surface area contributed by atoms with Crippen molar-refractivity contribution in [1.29, 1.82) is 5.41 Å². The van der Waals surface area contributed by atoms with Crippen LogP contribution in [0, 0.1) is 12.3 Å². The first-order chi connectivity index (χ1) is 10.1. The summed E-state index contributed by atoms with van der Waals surface area (Å²) in [5.41, 5.74) is 3.28. The van der Waals surface area contributed by atoms with Crippen molar-refractivity contribution >= 4 is 18.0 Å². The van der Waals surface area contributed by atoms with Crippen LogP contribution in [0.4, 0.5) is 0 Å². The fourth-order valence-electron chi connectivity index (χ4n) is 2.17. The summed E-state index contributed by atoms with van der Waals surface area (Å²) in [5.74, 6) is -0.419. The van der Waals surface area contributed by atoms with Gasteiger partial charge in [-0.3, -0.25) is 10.2 Å². The van der Waals surface area contributed by atoms with E-state index >= 15 is 0 Å². The van der Waals surface area contributed by atoms with Crippen LogP contribution in [-0.4, -0.2) is 25.1 Å². The number of nitrogens with one attached hydrogen (secondary N) is 1. The van der Waals surface area contributed by atoms with Gasteiger partial charge < -0.3 is 4.74 Å². The zero-order valence-electron chi connectivity index (χ0n) is 11.8. The van der Waals surface area contributed by atoms with Gasteiger partial charge in [0.25, 0.3) is 0 Å². The second-order valence-electron chi connectivity index (χ2n) is 4.60. The number of esters is 1. The molecule has 0 aliphatic carbocycles. The van der Waals surface area contributed by atoms with Crippen molar-refractivity contribution in [1.82, 2.24) is 0 Å². The third-order valence-electron chi connectivity index (χ3n) is 3.28. The fraction of sp³-hybridized carbons (Fsp3) is 0.118. The maximum atomic E-state index is 11.4. The molecule has 2 aromatic carbocycles. The lowest BCUT2D eigenvalue weighted by molar-refractivity contribution is 0.0600. The first-order valence-electron chi connectivity index (χ1n) is 6.41. The van der Waals surface area contributed by atoms with Gasteiger partial charge >= 0.3 is 5.97 Å². The van der Waals surface area contributed by atoms with Crippen molar-refractivity contribution < 1.29 is 14.3 Å². The van der Waals surface area contributed by atoms with Crippen molar-refractivity contribution in [2.24, 2.45) is 0 Å². The van der Waals surface area contributed by atoms with Crippen molar-refractivity contribution in [3.8, 4) is 0 Å². The average Bonchev–Trinajstić information content (AvgIpc) is 2.53. The highest BCUT2D eigenvalue weighted by Crippen LogP contribution is 2.18. The van der Waals surface area contributed by atoms with Crippen LogP contribution in [0.25, 0.3) is 0 Å². The molecule has 0 amide bonds. The maximum absolute atomic E-state index is 11.4. The lowest BCUT2D eigenvalue weighted by Gasteiger charge is -2.11. The van der Waals surface area contributed by atoms with E-state index in [-0.39, 0.29) is 5.71 Å². The SMILES string of the molecule is COC(=O)c1ccc(C(=N)c2c(C)cccc2C=O)cc1. The second kappa shape index (κ2) is 6.13. The average molecular weight is 281 g/mol. The third kappa shape index (κ3) is 2.89. The largest absolute Gasteiger partial charge is 0.465 e. The minimum atomic E-state index is -0.419. The quantitative estimate of drug-likeness (QED) is 0.532. The van der Waals surface area contributed by atoms with Gasteiger partial charge in [-0.1, -0.05) is 30.3 Å². The molecular weight excluding hydrogens is 266 g/mol. The van der Waals surface area contributed by atoms with Gasteiger partial charge in [0.2, 0.25) is 0 Å². The van der Waals surface area contributed by atoms with E-state index in [9.17, 15) is 9.59 Å². The Morgan fingerprint density at radius 3 is 2.29 bits per heavy atom. The van der Waals surface area contributed by atoms with E-state index in [0.717, 1.165) is 11.8 Å². The predicted molar refractivity (Wildman–Crippen MR) is 80.3 cm³/mol. The van der Waals surface area contributed by atoms with E-state index in [2.05, 4.69) is 4.74 Å². The van der Waals surface area contributed by atoms with Gasteiger partial charge in [0.15, 0.2) is 6.29 Å². The van der Waals surface area contributed by atoms with Crippen molar-refractivity contribution in [2.45, 2.75) is 6.92 Å². The van der Waals surface area contributed by atoms with E-state index in [1.807, 2.05) is 13.0 Å². The Labute approximate surface area is 122 Å². The molecule has 0 unspecified atom stereocenters. The molecule has 0 saturated heterocycles. The monoisotopic (exact) mass is 281 g/mol. The number of carbonyl (C=O) groups is 2. The van der Waals surface area contributed by atoms with Crippen LogP contribution in [-0.2, 0) is 4.74 Å². The molecule has 21 heavy (non-hydrogen) atoms. The molecule has 2 aromatic rings. The predicted octanol–water partition coefficient (Wildman–Crippen LogP) is 3.01. The van der Waals surface area contributed by atoms with Crippen LogP contribution < -0.4 is 0 Å². The standard InChI is InChI=1S/C17H15NO3/c1-11-4-3-5-14(10-19)15(11)16(18)12-6-8-13(9-7-12)17(20)21-2/h3-10,18H,1-2H3. The zero-order valence-corrected chi connectivity index (χ0v) is 11.8. The van der Waals surface area contributed by atoms with E-state index in [4.69, 9.17) is 5.41 Å². The lowest BCUT2D eigenvalue weighted by Crippen LogP contribution is -2.08. The number of ether oxygens (including phenoxy) is 1. The van der Waals surface area contributed by atoms with Crippen LogP contribution in [0.15, 0.2) is 42.5 Å². The Kier molecular flexibility index (Phi) is 4.28. The molecule has 0 radical (unpaired) electrons. The third-order valence-corrected chi connectivity index (χ3v) is 3.28. The Morgan fingerprint density at radius 1 is 1.10 bits per heavy atom. The molecule has 4 nitrogen and oxygen atoms in total. The number of rotatable bonds is 4. The molecule has 0 bridgehead atoms. The molecule has 4 heteroatoms.